The van der Waals surface area contributed by atoms with Crippen LogP contribution in [-0.2, 0) is 9.59 Å². The average molecular weight is 347 g/mol. The zero-order valence-corrected chi connectivity index (χ0v) is 14.3. The zero-order valence-electron chi connectivity index (χ0n) is 14.3. The highest BCUT2D eigenvalue weighted by molar-refractivity contribution is 5.81. The molecule has 0 aliphatic rings. The van der Waals surface area contributed by atoms with Crippen molar-refractivity contribution in [2.75, 3.05) is 14.2 Å². The van der Waals surface area contributed by atoms with Crippen molar-refractivity contribution in [2.45, 2.75) is 25.4 Å². The van der Waals surface area contributed by atoms with E-state index in [2.05, 4.69) is 10.4 Å². The van der Waals surface area contributed by atoms with E-state index in [1.54, 1.807) is 43.6 Å². The first-order valence-corrected chi connectivity index (χ1v) is 7.69. The number of ether oxygens (including phenoxy) is 2. The Hall–Kier alpha value is -3.03. The van der Waals surface area contributed by atoms with Crippen molar-refractivity contribution in [3.8, 4) is 11.5 Å². The number of carboxylic acid groups (broad SMARTS) is 1. The van der Waals surface area contributed by atoms with Crippen molar-refractivity contribution in [1.82, 2.24) is 15.1 Å². The van der Waals surface area contributed by atoms with Gasteiger partial charge < -0.3 is 19.9 Å². The molecule has 0 bridgehead atoms. The Balaban J connectivity index is 2.27. The summed E-state index contributed by atoms with van der Waals surface area (Å²) in [6, 6.07) is 5.41. The van der Waals surface area contributed by atoms with Crippen LogP contribution in [0.4, 0.5) is 0 Å². The number of nitrogens with one attached hydrogen (secondary N) is 1. The predicted octanol–water partition coefficient (Wildman–Crippen LogP) is 1.79. The first-order valence-electron chi connectivity index (χ1n) is 7.69. The van der Waals surface area contributed by atoms with Crippen LogP contribution >= 0.6 is 0 Å². The molecule has 8 heteroatoms. The van der Waals surface area contributed by atoms with Crippen LogP contribution in [0.2, 0.25) is 0 Å². The number of methoxy groups -OCH3 is 2. The Morgan fingerprint density at radius 1 is 1.32 bits per heavy atom. The van der Waals surface area contributed by atoms with E-state index in [1.807, 2.05) is 0 Å². The number of hydrogen-bond donors (Lipinski definition) is 2. The van der Waals surface area contributed by atoms with E-state index in [1.165, 1.54) is 18.9 Å². The van der Waals surface area contributed by atoms with E-state index in [4.69, 9.17) is 9.47 Å². The van der Waals surface area contributed by atoms with Gasteiger partial charge >= 0.3 is 5.97 Å². The quantitative estimate of drug-likeness (QED) is 0.755. The van der Waals surface area contributed by atoms with Gasteiger partial charge in [0.05, 0.1) is 26.7 Å². The van der Waals surface area contributed by atoms with Gasteiger partial charge in [-0.1, -0.05) is 0 Å². The summed E-state index contributed by atoms with van der Waals surface area (Å²) in [6.45, 7) is 1.69. The monoisotopic (exact) mass is 347 g/mol. The van der Waals surface area contributed by atoms with Crippen LogP contribution in [0.1, 0.15) is 31.0 Å². The molecule has 0 saturated carbocycles. The molecule has 0 spiro atoms. The first-order chi connectivity index (χ1) is 12.0. The molecule has 2 aromatic rings. The summed E-state index contributed by atoms with van der Waals surface area (Å²) in [6.07, 6.45) is 2.97. The van der Waals surface area contributed by atoms with Crippen LogP contribution in [0, 0.1) is 0 Å². The molecule has 1 heterocycles. The molecular formula is C17H21N3O5. The Bertz CT molecular complexity index is 730. The number of carbonyl (C=O) groups excluding carboxylic acids is 1. The second-order valence-electron chi connectivity index (χ2n) is 5.43. The Labute approximate surface area is 145 Å². The highest BCUT2D eigenvalue weighted by atomic mass is 16.5. The first kappa shape index (κ1) is 18.3. The lowest BCUT2D eigenvalue weighted by Gasteiger charge is -2.22. The minimum Gasteiger partial charge on any atom is -0.497 e. The standard InChI is InChI=1S/C17H21N3O5/c1-11(20-8-4-7-18-20)17(23)19-14(10-16(21)22)13-6-5-12(24-2)9-15(13)25-3/h4-9,11,14H,10H2,1-3H3,(H,19,23)(H,21,22). The second-order valence-corrected chi connectivity index (χ2v) is 5.43. The van der Waals surface area contributed by atoms with E-state index < -0.39 is 18.1 Å². The number of aromatic nitrogens is 2. The fraction of sp³-hybridized carbons (Fsp3) is 0.353. The number of carboxylic acids is 1. The van der Waals surface area contributed by atoms with Crippen molar-refractivity contribution in [3.63, 3.8) is 0 Å². The molecule has 2 unspecified atom stereocenters. The van der Waals surface area contributed by atoms with Crippen LogP contribution in [0.5, 0.6) is 11.5 Å². The summed E-state index contributed by atoms with van der Waals surface area (Å²) in [5.74, 6) is -0.355. The van der Waals surface area contributed by atoms with E-state index in [-0.39, 0.29) is 12.3 Å². The van der Waals surface area contributed by atoms with Gasteiger partial charge in [0, 0.05) is 24.0 Å². The third-order valence-electron chi connectivity index (χ3n) is 3.81. The zero-order chi connectivity index (χ0) is 18.4. The van der Waals surface area contributed by atoms with E-state index in [0.717, 1.165) is 0 Å². The minimum absolute atomic E-state index is 0.278. The molecule has 0 saturated heterocycles. The molecule has 2 atom stereocenters. The van der Waals surface area contributed by atoms with Crippen LogP contribution in [0.15, 0.2) is 36.7 Å². The maximum Gasteiger partial charge on any atom is 0.305 e. The maximum absolute atomic E-state index is 12.5. The molecule has 1 aromatic carbocycles. The van der Waals surface area contributed by atoms with Crippen molar-refractivity contribution in [1.29, 1.82) is 0 Å². The van der Waals surface area contributed by atoms with Crippen molar-refractivity contribution >= 4 is 11.9 Å². The van der Waals surface area contributed by atoms with Crippen molar-refractivity contribution in [2.24, 2.45) is 0 Å². The predicted molar refractivity (Wildman–Crippen MR) is 89.6 cm³/mol. The van der Waals surface area contributed by atoms with Gasteiger partial charge in [0.25, 0.3) is 0 Å². The molecule has 2 N–H and O–H groups in total. The van der Waals surface area contributed by atoms with Crippen LogP contribution in [-0.4, -0.2) is 41.0 Å². The Kier molecular flexibility index (Phi) is 5.99. The normalized spacial score (nSPS) is 12.9. The van der Waals surface area contributed by atoms with Gasteiger partial charge in [-0.15, -0.1) is 0 Å². The third-order valence-corrected chi connectivity index (χ3v) is 3.81. The molecule has 134 valence electrons. The molecule has 2 rings (SSSR count). The van der Waals surface area contributed by atoms with E-state index >= 15 is 0 Å². The van der Waals surface area contributed by atoms with Gasteiger partial charge in [0.1, 0.15) is 17.5 Å². The number of rotatable bonds is 8. The summed E-state index contributed by atoms with van der Waals surface area (Å²) < 4.78 is 12.0. The van der Waals surface area contributed by atoms with E-state index in [0.29, 0.717) is 17.1 Å². The smallest absolute Gasteiger partial charge is 0.305 e. The highest BCUT2D eigenvalue weighted by Crippen LogP contribution is 2.31. The lowest BCUT2D eigenvalue weighted by molar-refractivity contribution is -0.137. The number of hydrogen-bond acceptors (Lipinski definition) is 5. The lowest BCUT2D eigenvalue weighted by Crippen LogP contribution is -2.35. The average Bonchev–Trinajstić information content (AvgIpc) is 3.13. The molecule has 1 aromatic heterocycles. The van der Waals surface area contributed by atoms with Gasteiger partial charge in [-0.2, -0.15) is 5.10 Å². The summed E-state index contributed by atoms with van der Waals surface area (Å²) in [5, 5.41) is 16.0. The van der Waals surface area contributed by atoms with Crippen molar-refractivity contribution in [3.05, 3.63) is 42.2 Å². The van der Waals surface area contributed by atoms with Gasteiger partial charge in [-0.3, -0.25) is 14.3 Å². The summed E-state index contributed by atoms with van der Waals surface area (Å²) in [5.41, 5.74) is 0.562. The lowest BCUT2D eigenvalue weighted by atomic mass is 10.0. The number of amides is 1. The Morgan fingerprint density at radius 3 is 2.64 bits per heavy atom. The van der Waals surface area contributed by atoms with Gasteiger partial charge in [0.15, 0.2) is 0 Å². The van der Waals surface area contributed by atoms with Gasteiger partial charge in [0.2, 0.25) is 5.91 Å². The van der Waals surface area contributed by atoms with E-state index in [9.17, 15) is 14.7 Å². The summed E-state index contributed by atoms with van der Waals surface area (Å²) in [4.78, 5) is 23.8. The number of nitrogens with zero attached hydrogens (tertiary/aromatic N) is 2. The third kappa shape index (κ3) is 4.50. The summed E-state index contributed by atoms with van der Waals surface area (Å²) in [7, 11) is 3.00. The molecule has 0 fully saturated rings. The molecule has 0 radical (unpaired) electrons. The Morgan fingerprint density at radius 2 is 2.08 bits per heavy atom. The molecule has 25 heavy (non-hydrogen) atoms. The van der Waals surface area contributed by atoms with Crippen molar-refractivity contribution < 1.29 is 24.2 Å². The fourth-order valence-electron chi connectivity index (χ4n) is 2.44. The highest BCUT2D eigenvalue weighted by Gasteiger charge is 2.25. The topological polar surface area (TPSA) is 103 Å². The van der Waals surface area contributed by atoms with Gasteiger partial charge in [-0.25, -0.2) is 0 Å². The number of benzene rings is 1. The molecule has 8 nitrogen and oxygen atoms in total. The maximum atomic E-state index is 12.5. The molecule has 0 aliphatic heterocycles. The fourth-order valence-corrected chi connectivity index (χ4v) is 2.44. The number of carbonyl (C=O) groups is 2. The van der Waals surface area contributed by atoms with Crippen LogP contribution < -0.4 is 14.8 Å². The SMILES string of the molecule is COc1ccc(C(CC(=O)O)NC(=O)C(C)n2cccn2)c(OC)c1. The molecule has 1 amide bonds. The van der Waals surface area contributed by atoms with Crippen LogP contribution in [0.3, 0.4) is 0 Å². The largest absolute Gasteiger partial charge is 0.497 e. The van der Waals surface area contributed by atoms with Crippen LogP contribution in [0.25, 0.3) is 0 Å². The number of aliphatic carboxylic acids is 1. The minimum atomic E-state index is -1.03. The molecule has 0 aliphatic carbocycles. The van der Waals surface area contributed by atoms with Gasteiger partial charge in [-0.05, 0) is 25.1 Å². The molecular weight excluding hydrogens is 326 g/mol. The second kappa shape index (κ2) is 8.18. The summed E-state index contributed by atoms with van der Waals surface area (Å²) >= 11 is 0.